The van der Waals surface area contributed by atoms with Crippen molar-refractivity contribution in [3.05, 3.63) is 46.9 Å². The van der Waals surface area contributed by atoms with Crippen LogP contribution in [-0.2, 0) is 9.53 Å². The molecule has 3 amide bonds. The molecule has 132 valence electrons. The third-order valence-corrected chi connectivity index (χ3v) is 5.10. The maximum absolute atomic E-state index is 14.3. The van der Waals surface area contributed by atoms with Crippen molar-refractivity contribution in [2.24, 2.45) is 0 Å². The Morgan fingerprint density at radius 2 is 2.12 bits per heavy atom. The topological polar surface area (TPSA) is 61.9 Å². The average Bonchev–Trinajstić information content (AvgIpc) is 3.21. The van der Waals surface area contributed by atoms with Crippen LogP contribution in [0.5, 0.6) is 0 Å². The number of hydrogen-bond donors (Lipinski definition) is 1. The number of rotatable bonds is 3. The fraction of sp³-hybridized carbons (Fsp3) is 0.444. The molecule has 0 bridgehead atoms. The summed E-state index contributed by atoms with van der Waals surface area (Å²) in [5, 5.41) is 2.75. The second-order valence-corrected chi connectivity index (χ2v) is 6.64. The Labute approximate surface area is 145 Å². The van der Waals surface area contributed by atoms with Gasteiger partial charge in [0, 0.05) is 25.8 Å². The maximum atomic E-state index is 14.3. The fourth-order valence-corrected chi connectivity index (χ4v) is 3.75. The Bertz CT molecular complexity index is 758. The predicted octanol–water partition coefficient (Wildman–Crippen LogP) is 1.80. The highest BCUT2D eigenvalue weighted by atomic mass is 19.1. The first-order valence-corrected chi connectivity index (χ1v) is 8.49. The van der Waals surface area contributed by atoms with Gasteiger partial charge in [-0.3, -0.25) is 9.69 Å². The molecule has 2 atom stereocenters. The summed E-state index contributed by atoms with van der Waals surface area (Å²) in [5.41, 5.74) is 1.40. The van der Waals surface area contributed by atoms with Gasteiger partial charge in [0.25, 0.3) is 5.91 Å². The van der Waals surface area contributed by atoms with Crippen molar-refractivity contribution in [3.63, 3.8) is 0 Å². The molecule has 0 radical (unpaired) electrons. The minimum atomic E-state index is -0.762. The van der Waals surface area contributed by atoms with Crippen molar-refractivity contribution in [2.45, 2.75) is 25.0 Å². The van der Waals surface area contributed by atoms with Crippen LogP contribution in [0.25, 0.3) is 0 Å². The number of carbonyl (C=O) groups excluding carboxylic acids is 2. The molecule has 3 aliphatic rings. The lowest BCUT2D eigenvalue weighted by atomic mass is 9.95. The van der Waals surface area contributed by atoms with Crippen LogP contribution < -0.4 is 5.32 Å². The monoisotopic (exact) mass is 345 g/mol. The van der Waals surface area contributed by atoms with E-state index in [1.807, 2.05) is 0 Å². The minimum Gasteiger partial charge on any atom is -0.376 e. The Hall–Kier alpha value is -2.41. The molecule has 3 aliphatic heterocycles. The summed E-state index contributed by atoms with van der Waals surface area (Å²) in [4.78, 5) is 28.4. The van der Waals surface area contributed by atoms with Gasteiger partial charge in [0.05, 0.1) is 30.0 Å². The first kappa shape index (κ1) is 16.1. The molecule has 0 aliphatic carbocycles. The molecule has 3 heterocycles. The van der Waals surface area contributed by atoms with Crippen LogP contribution in [0.15, 0.2) is 35.5 Å². The van der Waals surface area contributed by atoms with Crippen molar-refractivity contribution in [3.8, 4) is 0 Å². The largest absolute Gasteiger partial charge is 0.376 e. The number of nitrogens with zero attached hydrogens (tertiary/aromatic N) is 2. The quantitative estimate of drug-likeness (QED) is 0.909. The molecule has 1 aromatic carbocycles. The first-order valence-electron chi connectivity index (χ1n) is 8.49. The van der Waals surface area contributed by atoms with E-state index in [4.69, 9.17) is 4.74 Å². The highest BCUT2D eigenvalue weighted by Gasteiger charge is 2.44. The molecule has 1 aromatic rings. The van der Waals surface area contributed by atoms with E-state index < -0.39 is 11.9 Å². The molecule has 2 unspecified atom stereocenters. The second-order valence-electron chi connectivity index (χ2n) is 6.64. The standard InChI is InChI=1S/C18H20FN3O3/c1-21-14-10-22(9-11-5-4-8-25-11)17(23)15(14)16(20-18(21)24)12-6-2-3-7-13(12)19/h2-3,6-7,11,16H,4-5,8-10H2,1H3,(H,20,24). The molecular formula is C18H20FN3O3. The molecule has 6 nitrogen and oxygen atoms in total. The van der Waals surface area contributed by atoms with Crippen LogP contribution >= 0.6 is 0 Å². The van der Waals surface area contributed by atoms with Crippen LogP contribution in [0.2, 0.25) is 0 Å². The van der Waals surface area contributed by atoms with Gasteiger partial charge in [0.15, 0.2) is 0 Å². The van der Waals surface area contributed by atoms with E-state index in [0.29, 0.717) is 29.9 Å². The lowest BCUT2D eigenvalue weighted by molar-refractivity contribution is -0.127. The Balaban J connectivity index is 1.67. The number of halogens is 1. The number of carbonyl (C=O) groups is 2. The lowest BCUT2D eigenvalue weighted by Crippen LogP contribution is -2.45. The van der Waals surface area contributed by atoms with Crippen LogP contribution in [0.1, 0.15) is 24.4 Å². The second kappa shape index (κ2) is 6.15. The summed E-state index contributed by atoms with van der Waals surface area (Å²) in [5.74, 6) is -0.597. The fourth-order valence-electron chi connectivity index (χ4n) is 3.75. The molecule has 0 aromatic heterocycles. The van der Waals surface area contributed by atoms with E-state index in [2.05, 4.69) is 5.32 Å². The molecule has 7 heteroatoms. The third kappa shape index (κ3) is 2.68. The number of amides is 3. The number of likely N-dealkylation sites (N-methyl/N-ethyl adjacent to an activating group) is 1. The van der Waals surface area contributed by atoms with Crippen LogP contribution in [0.4, 0.5) is 9.18 Å². The number of benzene rings is 1. The minimum absolute atomic E-state index is 0.0335. The van der Waals surface area contributed by atoms with Gasteiger partial charge >= 0.3 is 6.03 Å². The SMILES string of the molecule is CN1C(=O)NC(c2ccccc2F)C2=C1CN(CC1CCCO1)C2=O. The molecule has 1 saturated heterocycles. The zero-order valence-electron chi connectivity index (χ0n) is 14.0. The Morgan fingerprint density at radius 3 is 2.84 bits per heavy atom. The van der Waals surface area contributed by atoms with E-state index in [0.717, 1.165) is 19.4 Å². The average molecular weight is 345 g/mol. The van der Waals surface area contributed by atoms with Gasteiger partial charge in [-0.25, -0.2) is 9.18 Å². The van der Waals surface area contributed by atoms with Gasteiger partial charge in [0.2, 0.25) is 0 Å². The smallest absolute Gasteiger partial charge is 0.322 e. The summed E-state index contributed by atoms with van der Waals surface area (Å²) in [6.07, 6.45) is 1.96. The molecule has 0 spiro atoms. The van der Waals surface area contributed by atoms with Crippen LogP contribution in [0, 0.1) is 5.82 Å². The molecule has 25 heavy (non-hydrogen) atoms. The highest BCUT2D eigenvalue weighted by Crippen LogP contribution is 2.36. The van der Waals surface area contributed by atoms with Crippen LogP contribution in [-0.4, -0.2) is 54.6 Å². The van der Waals surface area contributed by atoms with Gasteiger partial charge in [-0.2, -0.15) is 0 Å². The molecule has 1 N–H and O–H groups in total. The van der Waals surface area contributed by atoms with Gasteiger partial charge < -0.3 is 15.0 Å². The van der Waals surface area contributed by atoms with Gasteiger partial charge in [-0.05, 0) is 18.9 Å². The van der Waals surface area contributed by atoms with E-state index in [1.54, 1.807) is 30.1 Å². The molecule has 4 rings (SSSR count). The van der Waals surface area contributed by atoms with Crippen molar-refractivity contribution < 1.29 is 18.7 Å². The number of urea groups is 1. The summed E-state index contributed by atoms with van der Waals surface area (Å²) < 4.78 is 19.9. The zero-order valence-corrected chi connectivity index (χ0v) is 14.0. The summed E-state index contributed by atoms with van der Waals surface area (Å²) >= 11 is 0. The molecule has 1 fully saturated rings. The number of nitrogens with one attached hydrogen (secondary N) is 1. The van der Waals surface area contributed by atoms with Crippen molar-refractivity contribution in [1.82, 2.24) is 15.1 Å². The Morgan fingerprint density at radius 1 is 1.32 bits per heavy atom. The van der Waals surface area contributed by atoms with Crippen LogP contribution in [0.3, 0.4) is 0 Å². The lowest BCUT2D eigenvalue weighted by Gasteiger charge is -2.31. The molecule has 0 saturated carbocycles. The van der Waals surface area contributed by atoms with Gasteiger partial charge in [-0.15, -0.1) is 0 Å². The predicted molar refractivity (Wildman–Crippen MR) is 88.0 cm³/mol. The van der Waals surface area contributed by atoms with Gasteiger partial charge in [-0.1, -0.05) is 18.2 Å². The first-order chi connectivity index (χ1) is 12.1. The summed E-state index contributed by atoms with van der Waals surface area (Å²) in [7, 11) is 1.63. The van der Waals surface area contributed by atoms with E-state index in [-0.39, 0.29) is 18.0 Å². The number of ether oxygens (including phenoxy) is 1. The van der Waals surface area contributed by atoms with E-state index in [9.17, 15) is 14.0 Å². The van der Waals surface area contributed by atoms with Crippen molar-refractivity contribution >= 4 is 11.9 Å². The third-order valence-electron chi connectivity index (χ3n) is 5.10. The highest BCUT2D eigenvalue weighted by molar-refractivity contribution is 6.01. The van der Waals surface area contributed by atoms with Crippen molar-refractivity contribution in [2.75, 3.05) is 26.7 Å². The maximum Gasteiger partial charge on any atom is 0.322 e. The van der Waals surface area contributed by atoms with Crippen molar-refractivity contribution in [1.29, 1.82) is 0 Å². The summed E-state index contributed by atoms with van der Waals surface area (Å²) in [6, 6.07) is 5.13. The van der Waals surface area contributed by atoms with E-state index in [1.165, 1.54) is 11.0 Å². The number of hydrogen-bond acceptors (Lipinski definition) is 3. The normalized spacial score (nSPS) is 26.3. The Kier molecular flexibility index (Phi) is 3.95. The molecular weight excluding hydrogens is 325 g/mol. The summed E-state index contributed by atoms with van der Waals surface area (Å²) in [6.45, 7) is 1.57. The zero-order chi connectivity index (χ0) is 17.6. The van der Waals surface area contributed by atoms with E-state index >= 15 is 0 Å². The van der Waals surface area contributed by atoms with Gasteiger partial charge in [0.1, 0.15) is 5.82 Å².